The summed E-state index contributed by atoms with van der Waals surface area (Å²) in [6, 6.07) is 13.1. The number of thiocarbonyl (C=S) groups is 1. The standard InChI is InChI=1S/C14H14N4OS.Cu/c1-19-13-8-3-2-7-12(13)17-14(20)18-16-10-11-6-4-5-9-15-11;/h2-10H,1H3,(H2,17,18,20);/q;+2. The van der Waals surface area contributed by atoms with Crippen LogP contribution in [0.3, 0.4) is 0 Å². The number of nitrogens with zero attached hydrogens (tertiary/aromatic N) is 2. The minimum Gasteiger partial charge on any atom is -0.495 e. The molecular weight excluding hydrogens is 336 g/mol. The Kier molecular flexibility index (Phi) is 7.39. The molecule has 0 fully saturated rings. The van der Waals surface area contributed by atoms with Gasteiger partial charge in [-0.05, 0) is 36.5 Å². The first-order valence-electron chi connectivity index (χ1n) is 5.93. The zero-order valence-electron chi connectivity index (χ0n) is 11.2. The number of anilines is 1. The van der Waals surface area contributed by atoms with E-state index in [1.807, 2.05) is 42.5 Å². The Hall–Kier alpha value is -1.95. The quantitative estimate of drug-likeness (QED) is 0.384. The van der Waals surface area contributed by atoms with E-state index in [0.29, 0.717) is 10.9 Å². The fourth-order valence-electron chi connectivity index (χ4n) is 1.51. The molecule has 0 saturated carbocycles. The number of hydrogen-bond donors (Lipinski definition) is 2. The molecule has 1 radical (unpaired) electrons. The first kappa shape index (κ1) is 17.1. The van der Waals surface area contributed by atoms with Crippen LogP contribution in [-0.2, 0) is 17.1 Å². The molecule has 0 aliphatic carbocycles. The zero-order chi connectivity index (χ0) is 14.2. The molecule has 111 valence electrons. The first-order chi connectivity index (χ1) is 9.79. The topological polar surface area (TPSA) is 58.5 Å². The third kappa shape index (κ3) is 5.51. The summed E-state index contributed by atoms with van der Waals surface area (Å²) in [6.45, 7) is 0. The van der Waals surface area contributed by atoms with Gasteiger partial charge in [0.1, 0.15) is 5.75 Å². The third-order valence-corrected chi connectivity index (χ3v) is 2.60. The number of aromatic nitrogens is 1. The number of rotatable bonds is 4. The van der Waals surface area contributed by atoms with Gasteiger partial charge >= 0.3 is 17.1 Å². The molecule has 5 nitrogen and oxygen atoms in total. The van der Waals surface area contributed by atoms with Crippen molar-refractivity contribution in [2.24, 2.45) is 5.10 Å². The van der Waals surface area contributed by atoms with Crippen molar-refractivity contribution in [1.29, 1.82) is 0 Å². The molecule has 21 heavy (non-hydrogen) atoms. The molecule has 0 bridgehead atoms. The number of benzene rings is 1. The fourth-order valence-corrected chi connectivity index (χ4v) is 1.67. The average Bonchev–Trinajstić information content (AvgIpc) is 2.49. The van der Waals surface area contributed by atoms with Crippen molar-refractivity contribution in [3.8, 4) is 5.75 Å². The van der Waals surface area contributed by atoms with Crippen LogP contribution in [0.25, 0.3) is 0 Å². The molecule has 0 unspecified atom stereocenters. The summed E-state index contributed by atoms with van der Waals surface area (Å²) < 4.78 is 5.22. The van der Waals surface area contributed by atoms with E-state index in [2.05, 4.69) is 20.8 Å². The maximum Gasteiger partial charge on any atom is 2.00 e. The van der Waals surface area contributed by atoms with E-state index in [4.69, 9.17) is 17.0 Å². The summed E-state index contributed by atoms with van der Waals surface area (Å²) in [6.07, 6.45) is 3.29. The van der Waals surface area contributed by atoms with Crippen molar-refractivity contribution < 1.29 is 21.8 Å². The second-order valence-electron chi connectivity index (χ2n) is 3.78. The average molecular weight is 350 g/mol. The Morgan fingerprint density at radius 2 is 2.00 bits per heavy atom. The Morgan fingerprint density at radius 3 is 2.71 bits per heavy atom. The SMILES string of the molecule is COc1ccccc1NC(=S)NN=Cc1ccccn1.[Cu+2]. The Bertz CT molecular complexity index is 607. The van der Waals surface area contributed by atoms with E-state index >= 15 is 0 Å². The Morgan fingerprint density at radius 1 is 1.24 bits per heavy atom. The largest absolute Gasteiger partial charge is 2.00 e. The molecule has 0 spiro atoms. The molecule has 2 aromatic rings. The van der Waals surface area contributed by atoms with Gasteiger partial charge in [0.15, 0.2) is 5.11 Å². The smallest absolute Gasteiger partial charge is 0.495 e. The molecule has 0 amide bonds. The summed E-state index contributed by atoms with van der Waals surface area (Å²) in [4.78, 5) is 4.11. The van der Waals surface area contributed by atoms with Crippen LogP contribution in [0.4, 0.5) is 5.69 Å². The maximum absolute atomic E-state index is 5.22. The van der Waals surface area contributed by atoms with E-state index in [9.17, 15) is 0 Å². The maximum atomic E-state index is 5.22. The van der Waals surface area contributed by atoms with Crippen molar-refractivity contribution in [3.63, 3.8) is 0 Å². The number of para-hydroxylation sites is 2. The van der Waals surface area contributed by atoms with Crippen LogP contribution in [0.5, 0.6) is 5.75 Å². The number of hydrazone groups is 1. The molecule has 0 aliphatic rings. The molecule has 2 N–H and O–H groups in total. The van der Waals surface area contributed by atoms with Crippen molar-refractivity contribution >= 4 is 29.2 Å². The molecule has 1 aromatic heterocycles. The Labute approximate surface area is 139 Å². The molecule has 0 aliphatic heterocycles. The number of methoxy groups -OCH3 is 1. The summed E-state index contributed by atoms with van der Waals surface area (Å²) in [5.41, 5.74) is 4.25. The van der Waals surface area contributed by atoms with E-state index in [0.717, 1.165) is 11.4 Å². The zero-order valence-corrected chi connectivity index (χ0v) is 13.0. The molecule has 1 aromatic carbocycles. The third-order valence-electron chi connectivity index (χ3n) is 2.41. The molecule has 1 heterocycles. The molecular formula is C14H14CuN4OS+2. The number of pyridine rings is 1. The predicted octanol–water partition coefficient (Wildman–Crippen LogP) is 2.41. The van der Waals surface area contributed by atoms with Gasteiger partial charge < -0.3 is 10.1 Å². The van der Waals surface area contributed by atoms with Crippen LogP contribution in [-0.4, -0.2) is 23.4 Å². The summed E-state index contributed by atoms with van der Waals surface area (Å²) in [5, 5.41) is 7.40. The van der Waals surface area contributed by atoms with Gasteiger partial charge in [0.05, 0.1) is 24.7 Å². The van der Waals surface area contributed by atoms with Crippen molar-refractivity contribution in [2.75, 3.05) is 12.4 Å². The Balaban J connectivity index is 0.00000220. The van der Waals surface area contributed by atoms with Crippen LogP contribution >= 0.6 is 12.2 Å². The second kappa shape index (κ2) is 9.07. The number of ether oxygens (including phenoxy) is 1. The minimum absolute atomic E-state index is 0. The number of nitrogens with one attached hydrogen (secondary N) is 2. The van der Waals surface area contributed by atoms with Gasteiger partial charge in [-0.1, -0.05) is 18.2 Å². The van der Waals surface area contributed by atoms with Gasteiger partial charge in [0.25, 0.3) is 0 Å². The monoisotopic (exact) mass is 349 g/mol. The van der Waals surface area contributed by atoms with Gasteiger partial charge in [-0.25, -0.2) is 0 Å². The van der Waals surface area contributed by atoms with E-state index in [1.54, 1.807) is 19.5 Å². The second-order valence-corrected chi connectivity index (χ2v) is 4.19. The fraction of sp³-hybridized carbons (Fsp3) is 0.0714. The number of hydrogen-bond acceptors (Lipinski definition) is 4. The van der Waals surface area contributed by atoms with E-state index in [1.165, 1.54) is 0 Å². The first-order valence-corrected chi connectivity index (χ1v) is 6.34. The van der Waals surface area contributed by atoms with Crippen molar-refractivity contribution in [1.82, 2.24) is 10.4 Å². The summed E-state index contributed by atoms with van der Waals surface area (Å²) >= 11 is 5.15. The van der Waals surface area contributed by atoms with Gasteiger partial charge in [0.2, 0.25) is 0 Å². The van der Waals surface area contributed by atoms with Gasteiger partial charge in [-0.15, -0.1) is 0 Å². The molecule has 7 heteroatoms. The molecule has 0 saturated heterocycles. The van der Waals surface area contributed by atoms with Gasteiger partial charge in [-0.3, -0.25) is 10.4 Å². The van der Waals surface area contributed by atoms with Crippen LogP contribution < -0.4 is 15.5 Å². The van der Waals surface area contributed by atoms with E-state index in [-0.39, 0.29) is 17.1 Å². The van der Waals surface area contributed by atoms with E-state index < -0.39 is 0 Å². The van der Waals surface area contributed by atoms with Crippen LogP contribution in [0.2, 0.25) is 0 Å². The van der Waals surface area contributed by atoms with Gasteiger partial charge in [0, 0.05) is 6.20 Å². The minimum atomic E-state index is 0. The summed E-state index contributed by atoms with van der Waals surface area (Å²) in [5.74, 6) is 0.713. The van der Waals surface area contributed by atoms with Gasteiger partial charge in [-0.2, -0.15) is 5.10 Å². The van der Waals surface area contributed by atoms with Crippen LogP contribution in [0.1, 0.15) is 5.69 Å². The predicted molar refractivity (Wildman–Crippen MR) is 84.2 cm³/mol. The molecule has 0 atom stereocenters. The normalized spacial score (nSPS) is 9.76. The van der Waals surface area contributed by atoms with Crippen molar-refractivity contribution in [3.05, 3.63) is 54.4 Å². The van der Waals surface area contributed by atoms with Crippen LogP contribution in [0, 0.1) is 0 Å². The van der Waals surface area contributed by atoms with Crippen molar-refractivity contribution in [2.45, 2.75) is 0 Å². The summed E-state index contributed by atoms with van der Waals surface area (Å²) in [7, 11) is 1.61. The van der Waals surface area contributed by atoms with Crippen LogP contribution in [0.15, 0.2) is 53.8 Å². The molecule has 2 rings (SSSR count).